The predicted octanol–water partition coefficient (Wildman–Crippen LogP) is 1.71. The highest BCUT2D eigenvalue weighted by atomic mass is 16.4. The normalized spacial score (nSPS) is 11.7. The summed E-state index contributed by atoms with van der Waals surface area (Å²) in [5, 5.41) is 26.0. The monoisotopic (exact) mass is 556 g/mol. The summed E-state index contributed by atoms with van der Waals surface area (Å²) in [6.07, 6.45) is 5.86. The van der Waals surface area contributed by atoms with Crippen LogP contribution in [0.5, 0.6) is 0 Å². The third-order valence-electron chi connectivity index (χ3n) is 6.08. The summed E-state index contributed by atoms with van der Waals surface area (Å²) >= 11 is 0. The lowest BCUT2D eigenvalue weighted by Gasteiger charge is -2.26. The molecule has 12 heteroatoms. The molecule has 0 aliphatic carbocycles. The van der Waals surface area contributed by atoms with Crippen LogP contribution in [0.1, 0.15) is 91.9 Å². The molecule has 0 spiro atoms. The van der Waals surface area contributed by atoms with E-state index in [1.54, 1.807) is 13.8 Å². The molecule has 1 atom stereocenters. The Hall–Kier alpha value is -3.02. The van der Waals surface area contributed by atoms with Gasteiger partial charge in [0, 0.05) is 19.0 Å². The number of rotatable bonds is 23. The molecule has 0 aromatic carbocycles. The highest BCUT2D eigenvalue weighted by molar-refractivity contribution is 5.97. The summed E-state index contributed by atoms with van der Waals surface area (Å²) in [6.45, 7) is 8.32. The van der Waals surface area contributed by atoms with E-state index in [1.807, 2.05) is 13.8 Å². The Labute approximate surface area is 231 Å². The van der Waals surface area contributed by atoms with Crippen LogP contribution in [0.25, 0.3) is 0 Å². The molecule has 0 aliphatic rings. The highest BCUT2D eigenvalue weighted by Crippen LogP contribution is 2.08. The fourth-order valence-corrected chi connectivity index (χ4v) is 3.85. The molecule has 0 fully saturated rings. The number of carboxylic acids is 2. The zero-order valence-electron chi connectivity index (χ0n) is 23.9. The number of unbranched alkanes of at least 4 members (excludes halogenated alkanes) is 6. The van der Waals surface area contributed by atoms with E-state index in [-0.39, 0.29) is 49.7 Å². The summed E-state index contributed by atoms with van der Waals surface area (Å²) in [5.41, 5.74) is 0. The molecule has 0 aromatic heterocycles. The molecule has 0 radical (unpaired) electrons. The minimum absolute atomic E-state index is 0.105. The van der Waals surface area contributed by atoms with Gasteiger partial charge < -0.3 is 31.1 Å². The van der Waals surface area contributed by atoms with Crippen molar-refractivity contribution in [2.45, 2.75) is 104 Å². The molecule has 224 valence electrons. The number of nitrogens with one attached hydrogen (secondary N) is 3. The Bertz CT molecular complexity index is 801. The van der Waals surface area contributed by atoms with Crippen LogP contribution >= 0.6 is 0 Å². The minimum atomic E-state index is -1.20. The van der Waals surface area contributed by atoms with Gasteiger partial charge in [-0.15, -0.1) is 0 Å². The van der Waals surface area contributed by atoms with Gasteiger partial charge in [0.15, 0.2) is 5.78 Å². The Morgan fingerprint density at radius 3 is 1.82 bits per heavy atom. The van der Waals surface area contributed by atoms with Crippen molar-refractivity contribution in [1.82, 2.24) is 20.9 Å². The molecule has 0 saturated carbocycles. The van der Waals surface area contributed by atoms with Crippen LogP contribution in [0.15, 0.2) is 0 Å². The summed E-state index contributed by atoms with van der Waals surface area (Å²) in [6, 6.07) is -0.888. The highest BCUT2D eigenvalue weighted by Gasteiger charge is 2.24. The average molecular weight is 557 g/mol. The maximum atomic E-state index is 12.4. The Kier molecular flexibility index (Phi) is 19.3. The standard InChI is InChI=1S/C27H48N4O8/c1-19(2)26(30-22(33)12-13-24(35)36)27(39)29-15-11-9-7-5-6-8-10-14-28-17-23(34)31(20(3)4)18-21(32)16-25(37)38/h19-20,26,28H,5-18H2,1-4H3,(H,29,39)(H,30,33)(H,35,36)(H,37,38). The van der Waals surface area contributed by atoms with Crippen LogP contribution in [0, 0.1) is 5.92 Å². The molecule has 0 aromatic rings. The molecule has 0 heterocycles. The number of carbonyl (C=O) groups excluding carboxylic acids is 4. The number of hydrogen-bond donors (Lipinski definition) is 5. The second-order valence-electron chi connectivity index (χ2n) is 10.4. The van der Waals surface area contributed by atoms with Crippen molar-refractivity contribution in [1.29, 1.82) is 0 Å². The first-order valence-electron chi connectivity index (χ1n) is 13.9. The lowest BCUT2D eigenvalue weighted by molar-refractivity contribution is -0.143. The van der Waals surface area contributed by atoms with E-state index in [9.17, 15) is 28.8 Å². The lowest BCUT2D eigenvalue weighted by atomic mass is 10.0. The van der Waals surface area contributed by atoms with Crippen LogP contribution in [0.3, 0.4) is 0 Å². The van der Waals surface area contributed by atoms with Gasteiger partial charge in [-0.2, -0.15) is 0 Å². The zero-order chi connectivity index (χ0) is 29.8. The maximum absolute atomic E-state index is 12.4. The molecule has 0 aliphatic heterocycles. The van der Waals surface area contributed by atoms with Crippen molar-refractivity contribution < 1.29 is 39.0 Å². The molecule has 0 saturated heterocycles. The molecule has 1 unspecified atom stereocenters. The number of Topliss-reactive ketones (excluding diaryl/α,β-unsaturated/α-hetero) is 1. The Balaban J connectivity index is 3.93. The summed E-state index contributed by atoms with van der Waals surface area (Å²) in [4.78, 5) is 71.1. The van der Waals surface area contributed by atoms with Gasteiger partial charge in [-0.3, -0.25) is 28.8 Å². The van der Waals surface area contributed by atoms with E-state index in [0.29, 0.717) is 13.1 Å². The number of aliphatic carboxylic acids is 2. The second kappa shape index (κ2) is 20.9. The first-order chi connectivity index (χ1) is 18.3. The number of ketones is 1. The number of carboxylic acid groups (broad SMARTS) is 2. The van der Waals surface area contributed by atoms with Gasteiger partial charge >= 0.3 is 11.9 Å². The number of hydrogen-bond acceptors (Lipinski definition) is 7. The zero-order valence-corrected chi connectivity index (χ0v) is 23.9. The van der Waals surface area contributed by atoms with E-state index in [2.05, 4.69) is 16.0 Å². The second-order valence-corrected chi connectivity index (χ2v) is 10.4. The third-order valence-corrected chi connectivity index (χ3v) is 6.08. The van der Waals surface area contributed by atoms with E-state index in [0.717, 1.165) is 44.9 Å². The van der Waals surface area contributed by atoms with Gasteiger partial charge in [0.1, 0.15) is 12.5 Å². The molecule has 39 heavy (non-hydrogen) atoms. The molecule has 5 N–H and O–H groups in total. The van der Waals surface area contributed by atoms with Gasteiger partial charge in [-0.1, -0.05) is 46.0 Å². The van der Waals surface area contributed by atoms with Gasteiger partial charge in [0.2, 0.25) is 17.7 Å². The topological polar surface area (TPSA) is 182 Å². The molecular weight excluding hydrogens is 508 g/mol. The van der Waals surface area contributed by atoms with E-state index in [4.69, 9.17) is 10.2 Å². The van der Waals surface area contributed by atoms with Crippen LogP contribution in [-0.2, 0) is 28.8 Å². The fourth-order valence-electron chi connectivity index (χ4n) is 3.85. The number of nitrogens with zero attached hydrogens (tertiary/aromatic N) is 1. The van der Waals surface area contributed by atoms with Gasteiger partial charge in [-0.25, -0.2) is 0 Å². The summed E-state index contributed by atoms with van der Waals surface area (Å²) in [7, 11) is 0. The quantitative estimate of drug-likeness (QED) is 0.0924. The molecule has 0 bridgehead atoms. The summed E-state index contributed by atoms with van der Waals surface area (Å²) < 4.78 is 0. The number of carbonyl (C=O) groups is 6. The first-order valence-corrected chi connectivity index (χ1v) is 13.9. The predicted molar refractivity (Wildman–Crippen MR) is 146 cm³/mol. The molecule has 0 rings (SSSR count). The number of amides is 3. The largest absolute Gasteiger partial charge is 0.481 e. The van der Waals surface area contributed by atoms with Crippen molar-refractivity contribution in [3.8, 4) is 0 Å². The fraction of sp³-hybridized carbons (Fsp3) is 0.778. The summed E-state index contributed by atoms with van der Waals surface area (Å²) in [5.74, 6) is -3.80. The van der Waals surface area contributed by atoms with Crippen LogP contribution < -0.4 is 16.0 Å². The van der Waals surface area contributed by atoms with Crippen molar-refractivity contribution >= 4 is 35.4 Å². The third kappa shape index (κ3) is 18.8. The van der Waals surface area contributed by atoms with Crippen molar-refractivity contribution in [3.05, 3.63) is 0 Å². The van der Waals surface area contributed by atoms with Gasteiger partial charge in [-0.05, 0) is 39.2 Å². The maximum Gasteiger partial charge on any atom is 0.310 e. The lowest BCUT2D eigenvalue weighted by Crippen LogP contribution is -2.49. The van der Waals surface area contributed by atoms with Crippen molar-refractivity contribution in [2.24, 2.45) is 5.92 Å². The molecule has 12 nitrogen and oxygen atoms in total. The van der Waals surface area contributed by atoms with Crippen molar-refractivity contribution in [2.75, 3.05) is 26.2 Å². The van der Waals surface area contributed by atoms with Crippen LogP contribution in [0.4, 0.5) is 0 Å². The van der Waals surface area contributed by atoms with E-state index < -0.39 is 36.1 Å². The van der Waals surface area contributed by atoms with Gasteiger partial charge in [0.05, 0.1) is 19.5 Å². The molecular formula is C27H48N4O8. The first kappa shape index (κ1) is 36.0. The minimum Gasteiger partial charge on any atom is -0.481 e. The Morgan fingerprint density at radius 2 is 1.31 bits per heavy atom. The Morgan fingerprint density at radius 1 is 0.744 bits per heavy atom. The van der Waals surface area contributed by atoms with Crippen LogP contribution in [-0.4, -0.2) is 88.8 Å². The van der Waals surface area contributed by atoms with Crippen LogP contribution in [0.2, 0.25) is 0 Å². The molecule has 3 amide bonds. The average Bonchev–Trinajstić information content (AvgIpc) is 2.84. The van der Waals surface area contributed by atoms with E-state index in [1.165, 1.54) is 4.90 Å². The smallest absolute Gasteiger partial charge is 0.310 e. The SMILES string of the molecule is CC(C)C(NC(=O)CCC(=O)O)C(=O)NCCCCCCCCCNCC(=O)N(CC(=O)CC(=O)O)C(C)C. The van der Waals surface area contributed by atoms with Crippen molar-refractivity contribution in [3.63, 3.8) is 0 Å². The van der Waals surface area contributed by atoms with Gasteiger partial charge in [0.25, 0.3) is 0 Å². The van der Waals surface area contributed by atoms with E-state index >= 15 is 0 Å².